The summed E-state index contributed by atoms with van der Waals surface area (Å²) in [4.78, 5) is 23.9. The highest BCUT2D eigenvalue weighted by molar-refractivity contribution is 7.99. The molecule has 0 spiro atoms. The Morgan fingerprint density at radius 1 is 0.897 bits per heavy atom. The number of carbonyl (C=O) groups is 2. The molecule has 0 radical (unpaired) electrons. The molecule has 156 valence electrons. The summed E-state index contributed by atoms with van der Waals surface area (Å²) < 4.78 is 25.9. The molecule has 0 atom stereocenters. The summed E-state index contributed by atoms with van der Waals surface area (Å²) in [6.07, 6.45) is 0. The highest BCUT2D eigenvalue weighted by Crippen LogP contribution is 2.15. The van der Waals surface area contributed by atoms with Crippen LogP contribution in [0, 0.1) is 13.8 Å². The van der Waals surface area contributed by atoms with Crippen LogP contribution in [0.4, 0.5) is 0 Å². The normalized spacial score (nSPS) is 11.3. The Bertz CT molecular complexity index is 943. The number of carbonyl (C=O) groups excluding carboxylic acids is 2. The summed E-state index contributed by atoms with van der Waals surface area (Å²) in [5.74, 6) is -0.134. The largest absolute Gasteiger partial charge is 0.272 e. The van der Waals surface area contributed by atoms with Gasteiger partial charge in [-0.05, 0) is 31.5 Å². The van der Waals surface area contributed by atoms with Gasteiger partial charge in [-0.2, -0.15) is 4.31 Å². The lowest BCUT2D eigenvalue weighted by Crippen LogP contribution is -2.47. The fourth-order valence-electron chi connectivity index (χ4n) is 2.34. The zero-order valence-electron chi connectivity index (χ0n) is 16.6. The summed E-state index contributed by atoms with van der Waals surface area (Å²) in [5.41, 5.74) is 7.77. The standard InChI is InChI=1S/C20H25N3O4S2/c1-15-4-8-17(9-5-15)13-28-14-20(25)22-21-19(24)12-23(3)29(26,27)18-10-6-16(2)7-11-18/h4-11H,12-14H2,1-3H3,(H,21,24)(H,22,25). The number of amides is 2. The van der Waals surface area contributed by atoms with E-state index >= 15 is 0 Å². The van der Waals surface area contributed by atoms with Crippen LogP contribution >= 0.6 is 11.8 Å². The molecule has 0 heterocycles. The second-order valence-corrected chi connectivity index (χ2v) is 9.68. The van der Waals surface area contributed by atoms with Crippen LogP contribution in [-0.4, -0.2) is 43.9 Å². The highest BCUT2D eigenvalue weighted by Gasteiger charge is 2.22. The maximum absolute atomic E-state index is 12.5. The Hall–Kier alpha value is -2.36. The summed E-state index contributed by atoms with van der Waals surface area (Å²) in [6.45, 7) is 3.46. The molecule has 0 saturated heterocycles. The maximum atomic E-state index is 12.5. The molecule has 2 amide bonds. The smallest absolute Gasteiger partial charge is 0.253 e. The van der Waals surface area contributed by atoms with Crippen molar-refractivity contribution >= 4 is 33.6 Å². The van der Waals surface area contributed by atoms with Gasteiger partial charge in [0.15, 0.2) is 0 Å². The third-order valence-electron chi connectivity index (χ3n) is 4.06. The molecular weight excluding hydrogens is 410 g/mol. The summed E-state index contributed by atoms with van der Waals surface area (Å²) in [7, 11) is -2.47. The number of hydrogen-bond acceptors (Lipinski definition) is 5. The fourth-order valence-corrected chi connectivity index (χ4v) is 4.25. The minimum absolute atomic E-state index is 0.106. The van der Waals surface area contributed by atoms with Crippen LogP contribution < -0.4 is 10.9 Å². The predicted octanol–water partition coefficient (Wildman–Crippen LogP) is 2.00. The Labute approximate surface area is 175 Å². The van der Waals surface area contributed by atoms with Crippen LogP contribution in [0.1, 0.15) is 16.7 Å². The number of sulfonamides is 1. The van der Waals surface area contributed by atoms with Crippen molar-refractivity contribution in [1.29, 1.82) is 0 Å². The van der Waals surface area contributed by atoms with Crippen LogP contribution in [-0.2, 0) is 25.4 Å². The van der Waals surface area contributed by atoms with E-state index < -0.39 is 22.5 Å². The highest BCUT2D eigenvalue weighted by atomic mass is 32.2. The molecule has 7 nitrogen and oxygen atoms in total. The van der Waals surface area contributed by atoms with E-state index in [1.165, 1.54) is 36.5 Å². The van der Waals surface area contributed by atoms with Gasteiger partial charge in [-0.1, -0.05) is 47.5 Å². The number of hydrogen-bond donors (Lipinski definition) is 2. The molecule has 0 aliphatic heterocycles. The van der Waals surface area contributed by atoms with Gasteiger partial charge in [0.1, 0.15) is 0 Å². The van der Waals surface area contributed by atoms with Crippen molar-refractivity contribution in [3.05, 3.63) is 65.2 Å². The molecule has 2 rings (SSSR count). The SMILES string of the molecule is Cc1ccc(CSCC(=O)NNC(=O)CN(C)S(=O)(=O)c2ccc(C)cc2)cc1. The van der Waals surface area contributed by atoms with Gasteiger partial charge in [-0.3, -0.25) is 20.4 Å². The molecular formula is C20H25N3O4S2. The first-order valence-electron chi connectivity index (χ1n) is 8.92. The van der Waals surface area contributed by atoms with E-state index in [0.29, 0.717) is 5.75 Å². The van der Waals surface area contributed by atoms with Crippen LogP contribution in [0.5, 0.6) is 0 Å². The molecule has 9 heteroatoms. The van der Waals surface area contributed by atoms with E-state index in [2.05, 4.69) is 10.9 Å². The van der Waals surface area contributed by atoms with Gasteiger partial charge in [0.25, 0.3) is 5.91 Å². The van der Waals surface area contributed by atoms with Crippen molar-refractivity contribution in [2.24, 2.45) is 0 Å². The average molecular weight is 436 g/mol. The lowest BCUT2D eigenvalue weighted by Gasteiger charge is -2.17. The zero-order valence-corrected chi connectivity index (χ0v) is 18.3. The molecule has 0 unspecified atom stereocenters. The van der Waals surface area contributed by atoms with E-state index in [-0.39, 0.29) is 16.6 Å². The average Bonchev–Trinajstić information content (AvgIpc) is 2.68. The van der Waals surface area contributed by atoms with Crippen molar-refractivity contribution in [1.82, 2.24) is 15.2 Å². The topological polar surface area (TPSA) is 95.6 Å². The summed E-state index contributed by atoms with van der Waals surface area (Å²) >= 11 is 1.42. The van der Waals surface area contributed by atoms with Gasteiger partial charge in [-0.15, -0.1) is 11.8 Å². The van der Waals surface area contributed by atoms with Gasteiger partial charge < -0.3 is 0 Å². The number of hydrazine groups is 1. The minimum Gasteiger partial charge on any atom is -0.272 e. The Morgan fingerprint density at radius 3 is 2.00 bits per heavy atom. The summed E-state index contributed by atoms with van der Waals surface area (Å²) in [5, 5.41) is 0. The van der Waals surface area contributed by atoms with E-state index in [0.717, 1.165) is 15.4 Å². The zero-order chi connectivity index (χ0) is 21.4. The molecule has 2 N–H and O–H groups in total. The maximum Gasteiger partial charge on any atom is 0.253 e. The van der Waals surface area contributed by atoms with Crippen molar-refractivity contribution in [3.8, 4) is 0 Å². The second-order valence-electron chi connectivity index (χ2n) is 6.65. The second kappa shape index (κ2) is 10.4. The lowest BCUT2D eigenvalue weighted by atomic mass is 10.2. The van der Waals surface area contributed by atoms with Gasteiger partial charge in [0.2, 0.25) is 15.9 Å². The molecule has 0 bridgehead atoms. The van der Waals surface area contributed by atoms with Gasteiger partial charge in [0.05, 0.1) is 17.2 Å². The molecule has 0 aromatic heterocycles. The monoisotopic (exact) mass is 435 g/mol. The Balaban J connectivity index is 1.74. The van der Waals surface area contributed by atoms with Gasteiger partial charge in [-0.25, -0.2) is 8.42 Å². The van der Waals surface area contributed by atoms with Gasteiger partial charge in [0, 0.05) is 12.8 Å². The third-order valence-corrected chi connectivity index (χ3v) is 6.88. The first kappa shape index (κ1) is 22.9. The number of aryl methyl sites for hydroxylation is 2. The number of nitrogens with one attached hydrogen (secondary N) is 2. The first-order chi connectivity index (χ1) is 13.7. The molecule has 29 heavy (non-hydrogen) atoms. The fraction of sp³-hybridized carbons (Fsp3) is 0.300. The van der Waals surface area contributed by atoms with E-state index in [9.17, 15) is 18.0 Å². The molecule has 0 aliphatic carbocycles. The molecule has 2 aromatic carbocycles. The third kappa shape index (κ3) is 7.19. The van der Waals surface area contributed by atoms with Gasteiger partial charge >= 0.3 is 0 Å². The van der Waals surface area contributed by atoms with Crippen molar-refractivity contribution in [2.75, 3.05) is 19.3 Å². The number of rotatable bonds is 8. The number of benzene rings is 2. The first-order valence-corrected chi connectivity index (χ1v) is 11.5. The van der Waals surface area contributed by atoms with Crippen molar-refractivity contribution < 1.29 is 18.0 Å². The predicted molar refractivity (Wildman–Crippen MR) is 115 cm³/mol. The molecule has 0 fully saturated rings. The van der Waals surface area contributed by atoms with Crippen LogP contribution in [0.15, 0.2) is 53.4 Å². The van der Waals surface area contributed by atoms with E-state index in [1.54, 1.807) is 12.1 Å². The molecule has 0 saturated carbocycles. The number of nitrogens with zero attached hydrogens (tertiary/aromatic N) is 1. The molecule has 2 aromatic rings. The Morgan fingerprint density at radius 2 is 1.41 bits per heavy atom. The number of likely N-dealkylation sites (N-methyl/N-ethyl adjacent to an activating group) is 1. The van der Waals surface area contributed by atoms with Crippen molar-refractivity contribution in [2.45, 2.75) is 24.5 Å². The van der Waals surface area contributed by atoms with Crippen LogP contribution in [0.2, 0.25) is 0 Å². The summed E-state index contributed by atoms with van der Waals surface area (Å²) in [6, 6.07) is 14.4. The van der Waals surface area contributed by atoms with E-state index in [1.807, 2.05) is 38.1 Å². The minimum atomic E-state index is -3.78. The van der Waals surface area contributed by atoms with E-state index in [4.69, 9.17) is 0 Å². The molecule has 0 aliphatic rings. The lowest BCUT2D eigenvalue weighted by molar-refractivity contribution is -0.127. The Kier molecular flexibility index (Phi) is 8.24. The quantitative estimate of drug-likeness (QED) is 0.619. The number of thioether (sulfide) groups is 1. The van der Waals surface area contributed by atoms with Crippen LogP contribution in [0.3, 0.4) is 0 Å². The van der Waals surface area contributed by atoms with Crippen molar-refractivity contribution in [3.63, 3.8) is 0 Å². The van der Waals surface area contributed by atoms with Crippen LogP contribution in [0.25, 0.3) is 0 Å².